The molecule has 0 spiro atoms. The van der Waals surface area contributed by atoms with Crippen molar-refractivity contribution in [2.24, 2.45) is 5.92 Å². The summed E-state index contributed by atoms with van der Waals surface area (Å²) in [5, 5.41) is 5.37. The number of halogens is 1. The molecule has 5 heteroatoms. The van der Waals surface area contributed by atoms with Gasteiger partial charge in [0.2, 0.25) is 5.91 Å². The van der Waals surface area contributed by atoms with Crippen LogP contribution in [0.15, 0.2) is 47.9 Å². The first kappa shape index (κ1) is 16.6. The fourth-order valence-electron chi connectivity index (χ4n) is 2.61. The van der Waals surface area contributed by atoms with Crippen LogP contribution < -0.4 is 5.32 Å². The number of hydrogen-bond donors (Lipinski definition) is 1. The van der Waals surface area contributed by atoms with Crippen molar-refractivity contribution in [1.29, 1.82) is 0 Å². The Bertz CT molecular complexity index is 800. The van der Waals surface area contributed by atoms with Crippen LogP contribution in [-0.2, 0) is 11.2 Å². The number of aromatic nitrogens is 1. The molecule has 1 unspecified atom stereocenters. The van der Waals surface area contributed by atoms with Crippen LogP contribution in [0.1, 0.15) is 32.4 Å². The number of anilines is 1. The molecule has 2 aromatic rings. The number of nitrogens with one attached hydrogen (secondary N) is 1. The van der Waals surface area contributed by atoms with Crippen molar-refractivity contribution in [3.63, 3.8) is 0 Å². The number of hydrogen-bond acceptors (Lipinski definition) is 3. The SMILES string of the molecule is CC1C=C(c2csc(NC(=O)CCc3cccc(F)c3)n2)C=CC1.[HH]. The lowest BCUT2D eigenvalue weighted by Crippen LogP contribution is -2.12. The van der Waals surface area contributed by atoms with Crippen LogP contribution >= 0.6 is 11.3 Å². The van der Waals surface area contributed by atoms with Crippen LogP contribution in [0.5, 0.6) is 0 Å². The zero-order chi connectivity index (χ0) is 16.9. The fraction of sp³-hybridized carbons (Fsp3) is 0.263. The Kier molecular flexibility index (Phi) is 5.20. The summed E-state index contributed by atoms with van der Waals surface area (Å²) in [4.78, 5) is 16.5. The Balaban J connectivity index is 0.00000225. The molecule has 126 valence electrons. The summed E-state index contributed by atoms with van der Waals surface area (Å²) in [6.45, 7) is 2.17. The zero-order valence-electron chi connectivity index (χ0n) is 13.5. The van der Waals surface area contributed by atoms with Crippen LogP contribution in [0.2, 0.25) is 0 Å². The van der Waals surface area contributed by atoms with Gasteiger partial charge in [-0.05, 0) is 42.0 Å². The summed E-state index contributed by atoms with van der Waals surface area (Å²) in [6.07, 6.45) is 8.29. The molecule has 1 aromatic carbocycles. The van der Waals surface area contributed by atoms with Gasteiger partial charge in [0.15, 0.2) is 5.13 Å². The summed E-state index contributed by atoms with van der Waals surface area (Å²) in [5.41, 5.74) is 2.81. The predicted octanol–water partition coefficient (Wildman–Crippen LogP) is 5.08. The number of carbonyl (C=O) groups excluding carboxylic acids is 1. The average molecular weight is 344 g/mol. The van der Waals surface area contributed by atoms with E-state index in [-0.39, 0.29) is 13.2 Å². The topological polar surface area (TPSA) is 42.0 Å². The van der Waals surface area contributed by atoms with Gasteiger partial charge in [-0.2, -0.15) is 0 Å². The minimum absolute atomic E-state index is 0. The highest BCUT2D eigenvalue weighted by Crippen LogP contribution is 2.27. The van der Waals surface area contributed by atoms with Gasteiger partial charge < -0.3 is 5.32 Å². The van der Waals surface area contributed by atoms with Gasteiger partial charge in [0.1, 0.15) is 5.82 Å². The van der Waals surface area contributed by atoms with Crippen molar-refractivity contribution in [2.45, 2.75) is 26.2 Å². The smallest absolute Gasteiger partial charge is 0.226 e. The van der Waals surface area contributed by atoms with E-state index in [1.807, 2.05) is 11.4 Å². The zero-order valence-corrected chi connectivity index (χ0v) is 14.3. The number of benzene rings is 1. The van der Waals surface area contributed by atoms with Crippen LogP contribution in [0, 0.1) is 11.7 Å². The molecule has 0 saturated heterocycles. The third-order valence-corrected chi connectivity index (χ3v) is 4.60. The summed E-state index contributed by atoms with van der Waals surface area (Å²) >= 11 is 1.42. The molecule has 1 heterocycles. The van der Waals surface area contributed by atoms with Crippen LogP contribution in [0.4, 0.5) is 9.52 Å². The number of aryl methyl sites for hydroxylation is 1. The molecular formula is C19H21FN2OS. The summed E-state index contributed by atoms with van der Waals surface area (Å²) in [7, 11) is 0. The second-order valence-electron chi connectivity index (χ2n) is 5.95. The van der Waals surface area contributed by atoms with Crippen LogP contribution in [0.25, 0.3) is 5.57 Å². The molecule has 1 aliphatic rings. The minimum Gasteiger partial charge on any atom is -0.302 e. The lowest BCUT2D eigenvalue weighted by atomic mass is 9.97. The first-order chi connectivity index (χ1) is 11.6. The standard InChI is InChI=1S/C19H19FN2OS.H2/c1-13-4-2-6-15(10-13)17-12-24-19(21-17)22-18(23)9-8-14-5-3-7-16(20)11-14;/h2-3,5-7,10-13H,4,8-9H2,1H3,(H,21,22,23);1H. The third-order valence-electron chi connectivity index (χ3n) is 3.85. The molecule has 1 atom stereocenters. The van der Waals surface area contributed by atoms with Gasteiger partial charge in [0.05, 0.1) is 5.69 Å². The molecule has 1 aliphatic carbocycles. The highest BCUT2D eigenvalue weighted by Gasteiger charge is 2.11. The molecule has 24 heavy (non-hydrogen) atoms. The van der Waals surface area contributed by atoms with E-state index >= 15 is 0 Å². The molecule has 0 aliphatic heterocycles. The molecular weight excluding hydrogens is 323 g/mol. The van der Waals surface area contributed by atoms with E-state index in [4.69, 9.17) is 0 Å². The summed E-state index contributed by atoms with van der Waals surface area (Å²) in [5.74, 6) is 0.123. The maximum atomic E-state index is 13.1. The molecule has 0 radical (unpaired) electrons. The number of carbonyl (C=O) groups is 1. The Morgan fingerprint density at radius 1 is 1.50 bits per heavy atom. The normalized spacial score (nSPS) is 16.8. The fourth-order valence-corrected chi connectivity index (χ4v) is 3.34. The van der Waals surface area contributed by atoms with E-state index in [1.54, 1.807) is 6.07 Å². The monoisotopic (exact) mass is 344 g/mol. The highest BCUT2D eigenvalue weighted by atomic mass is 32.1. The van der Waals surface area contributed by atoms with E-state index in [9.17, 15) is 9.18 Å². The average Bonchev–Trinajstić information content (AvgIpc) is 3.01. The summed E-state index contributed by atoms with van der Waals surface area (Å²) in [6, 6.07) is 6.33. The molecule has 1 N–H and O–H groups in total. The Morgan fingerprint density at radius 3 is 3.17 bits per heavy atom. The summed E-state index contributed by atoms with van der Waals surface area (Å²) < 4.78 is 13.1. The molecule has 1 aromatic heterocycles. The van der Waals surface area contributed by atoms with Gasteiger partial charge in [-0.1, -0.05) is 37.3 Å². The maximum absolute atomic E-state index is 13.1. The van der Waals surface area contributed by atoms with Crippen molar-refractivity contribution in [3.8, 4) is 0 Å². The lowest BCUT2D eigenvalue weighted by Gasteiger charge is -2.10. The number of amides is 1. The largest absolute Gasteiger partial charge is 0.302 e. The van der Waals surface area contributed by atoms with Crippen molar-refractivity contribution in [3.05, 3.63) is 64.9 Å². The van der Waals surface area contributed by atoms with Gasteiger partial charge in [-0.15, -0.1) is 11.3 Å². The van der Waals surface area contributed by atoms with Gasteiger partial charge in [0, 0.05) is 13.2 Å². The van der Waals surface area contributed by atoms with E-state index < -0.39 is 0 Å². The van der Waals surface area contributed by atoms with Gasteiger partial charge in [-0.3, -0.25) is 4.79 Å². The van der Waals surface area contributed by atoms with E-state index in [0.717, 1.165) is 23.3 Å². The molecule has 0 fully saturated rings. The predicted molar refractivity (Wildman–Crippen MR) is 98.5 cm³/mol. The number of allylic oxidation sites excluding steroid dienone is 4. The second kappa shape index (κ2) is 7.53. The van der Waals surface area contributed by atoms with Gasteiger partial charge >= 0.3 is 0 Å². The molecule has 3 rings (SSSR count). The van der Waals surface area contributed by atoms with Crippen LogP contribution in [0.3, 0.4) is 0 Å². The molecule has 1 amide bonds. The Labute approximate surface area is 146 Å². The van der Waals surface area contributed by atoms with Crippen molar-refractivity contribution in [1.82, 2.24) is 4.98 Å². The third kappa shape index (κ3) is 4.38. The first-order valence-corrected chi connectivity index (χ1v) is 8.86. The van der Waals surface area contributed by atoms with Gasteiger partial charge in [0.25, 0.3) is 0 Å². The van der Waals surface area contributed by atoms with Gasteiger partial charge in [-0.25, -0.2) is 9.37 Å². The minimum atomic E-state index is -0.277. The van der Waals surface area contributed by atoms with Crippen molar-refractivity contribution < 1.29 is 10.6 Å². The van der Waals surface area contributed by atoms with Crippen molar-refractivity contribution in [2.75, 3.05) is 5.32 Å². The second-order valence-corrected chi connectivity index (χ2v) is 6.81. The van der Waals surface area contributed by atoms with E-state index in [1.165, 1.54) is 23.5 Å². The van der Waals surface area contributed by atoms with Crippen LogP contribution in [-0.4, -0.2) is 10.9 Å². The Hall–Kier alpha value is -2.27. The lowest BCUT2D eigenvalue weighted by molar-refractivity contribution is -0.116. The quantitative estimate of drug-likeness (QED) is 0.822. The highest BCUT2D eigenvalue weighted by molar-refractivity contribution is 7.14. The van der Waals surface area contributed by atoms with E-state index in [2.05, 4.69) is 35.5 Å². The number of nitrogens with zero attached hydrogens (tertiary/aromatic N) is 1. The maximum Gasteiger partial charge on any atom is 0.226 e. The Morgan fingerprint density at radius 2 is 2.38 bits per heavy atom. The van der Waals surface area contributed by atoms with Crippen molar-refractivity contribution >= 4 is 27.9 Å². The molecule has 3 nitrogen and oxygen atoms in total. The number of thiazole rings is 1. The van der Waals surface area contributed by atoms with E-state index in [0.29, 0.717) is 23.9 Å². The molecule has 0 bridgehead atoms. The number of rotatable bonds is 5. The molecule has 0 saturated carbocycles. The first-order valence-electron chi connectivity index (χ1n) is 7.99.